The second-order valence-corrected chi connectivity index (χ2v) is 7.18. The predicted octanol–water partition coefficient (Wildman–Crippen LogP) is 0.911. The standard InChI is InChI=1S/C21H22F3NO7/c1-25-19(30)12-4-2-3-10(7-12)11-5-6-14(13(8-11)21(22,23)24)31-20-18(29)17(28)16(27)15(9-26)32-20/h2-8,15-18,20,26-29H,9H2,1H3,(H,25,30)/t15-,16-,17-,18-,20+/m1/s1. The maximum atomic E-state index is 13.8. The van der Waals surface area contributed by atoms with E-state index in [-0.39, 0.29) is 11.1 Å². The Morgan fingerprint density at radius 1 is 1.06 bits per heavy atom. The van der Waals surface area contributed by atoms with E-state index in [9.17, 15) is 38.4 Å². The highest BCUT2D eigenvalue weighted by molar-refractivity contribution is 5.95. The Morgan fingerprint density at radius 2 is 1.75 bits per heavy atom. The maximum absolute atomic E-state index is 13.8. The number of aliphatic hydroxyl groups excluding tert-OH is 4. The van der Waals surface area contributed by atoms with Crippen molar-refractivity contribution in [3.8, 4) is 16.9 Å². The second-order valence-electron chi connectivity index (χ2n) is 7.18. The summed E-state index contributed by atoms with van der Waals surface area (Å²) in [6.07, 6.45) is -13.3. The van der Waals surface area contributed by atoms with Crippen molar-refractivity contribution in [2.45, 2.75) is 36.9 Å². The number of halogens is 3. The molecule has 1 saturated heterocycles. The zero-order valence-electron chi connectivity index (χ0n) is 16.8. The van der Waals surface area contributed by atoms with Gasteiger partial charge in [-0.1, -0.05) is 18.2 Å². The molecule has 5 N–H and O–H groups in total. The average molecular weight is 457 g/mol. The molecule has 2 aromatic rings. The van der Waals surface area contributed by atoms with E-state index in [1.54, 1.807) is 6.07 Å². The van der Waals surface area contributed by atoms with E-state index in [1.165, 1.54) is 31.3 Å². The first kappa shape index (κ1) is 24.0. The van der Waals surface area contributed by atoms with Crippen LogP contribution in [0.25, 0.3) is 11.1 Å². The highest BCUT2D eigenvalue weighted by Crippen LogP contribution is 2.40. The highest BCUT2D eigenvalue weighted by Gasteiger charge is 2.45. The molecule has 1 fully saturated rings. The largest absolute Gasteiger partial charge is 0.461 e. The van der Waals surface area contributed by atoms with Crippen molar-refractivity contribution < 1.29 is 47.9 Å². The molecule has 0 spiro atoms. The van der Waals surface area contributed by atoms with Crippen LogP contribution in [0.5, 0.6) is 5.75 Å². The van der Waals surface area contributed by atoms with Gasteiger partial charge in [0.1, 0.15) is 30.2 Å². The third-order valence-electron chi connectivity index (χ3n) is 5.06. The summed E-state index contributed by atoms with van der Waals surface area (Å²) in [7, 11) is 1.43. The monoisotopic (exact) mass is 457 g/mol. The topological polar surface area (TPSA) is 128 Å². The van der Waals surface area contributed by atoms with E-state index >= 15 is 0 Å². The molecule has 0 aromatic heterocycles. The van der Waals surface area contributed by atoms with Crippen molar-refractivity contribution in [1.29, 1.82) is 0 Å². The second kappa shape index (κ2) is 9.43. The van der Waals surface area contributed by atoms with Gasteiger partial charge in [-0.05, 0) is 35.4 Å². The van der Waals surface area contributed by atoms with Gasteiger partial charge in [-0.3, -0.25) is 4.79 Å². The van der Waals surface area contributed by atoms with Crippen LogP contribution in [0.3, 0.4) is 0 Å². The molecule has 0 radical (unpaired) electrons. The molecule has 1 heterocycles. The van der Waals surface area contributed by atoms with E-state index in [4.69, 9.17) is 9.47 Å². The molecule has 1 amide bonds. The number of rotatable bonds is 5. The fourth-order valence-corrected chi connectivity index (χ4v) is 3.31. The van der Waals surface area contributed by atoms with Crippen molar-refractivity contribution in [2.75, 3.05) is 13.7 Å². The van der Waals surface area contributed by atoms with Crippen LogP contribution in [-0.4, -0.2) is 70.7 Å². The Hall–Kier alpha value is -2.70. The molecule has 174 valence electrons. The Morgan fingerprint density at radius 3 is 2.38 bits per heavy atom. The van der Waals surface area contributed by atoms with Gasteiger partial charge in [-0.25, -0.2) is 0 Å². The number of alkyl halides is 3. The third-order valence-corrected chi connectivity index (χ3v) is 5.06. The van der Waals surface area contributed by atoms with E-state index in [0.29, 0.717) is 5.56 Å². The zero-order chi connectivity index (χ0) is 23.6. The number of carbonyl (C=O) groups excluding carboxylic acids is 1. The molecule has 3 rings (SSSR count). The first-order valence-electron chi connectivity index (χ1n) is 9.57. The molecule has 1 aliphatic heterocycles. The van der Waals surface area contributed by atoms with Crippen molar-refractivity contribution in [2.24, 2.45) is 0 Å². The number of ether oxygens (including phenoxy) is 2. The Bertz CT molecular complexity index is 967. The molecule has 5 atom stereocenters. The van der Waals surface area contributed by atoms with E-state index in [1.807, 2.05) is 0 Å². The van der Waals surface area contributed by atoms with Crippen LogP contribution in [0.4, 0.5) is 13.2 Å². The minimum Gasteiger partial charge on any atom is -0.461 e. The summed E-state index contributed by atoms with van der Waals surface area (Å²) >= 11 is 0. The fraction of sp³-hybridized carbons (Fsp3) is 0.381. The number of benzene rings is 2. The molecular formula is C21H22F3NO7. The van der Waals surface area contributed by atoms with Gasteiger partial charge < -0.3 is 35.2 Å². The van der Waals surface area contributed by atoms with Crippen LogP contribution in [0, 0.1) is 0 Å². The molecule has 8 nitrogen and oxygen atoms in total. The molecular weight excluding hydrogens is 435 g/mol. The van der Waals surface area contributed by atoms with E-state index < -0.39 is 60.7 Å². The van der Waals surface area contributed by atoms with Gasteiger partial charge in [0.15, 0.2) is 0 Å². The van der Waals surface area contributed by atoms with Gasteiger partial charge in [0.05, 0.1) is 12.2 Å². The van der Waals surface area contributed by atoms with Crippen LogP contribution in [0.1, 0.15) is 15.9 Å². The first-order valence-corrected chi connectivity index (χ1v) is 9.57. The van der Waals surface area contributed by atoms with Gasteiger partial charge in [-0.15, -0.1) is 0 Å². The van der Waals surface area contributed by atoms with E-state index in [2.05, 4.69) is 5.32 Å². The molecule has 2 aromatic carbocycles. The lowest BCUT2D eigenvalue weighted by Crippen LogP contribution is -2.60. The molecule has 0 bridgehead atoms. The summed E-state index contributed by atoms with van der Waals surface area (Å²) in [5.74, 6) is -1.08. The number of hydrogen-bond acceptors (Lipinski definition) is 7. The predicted molar refractivity (Wildman–Crippen MR) is 105 cm³/mol. The van der Waals surface area contributed by atoms with Crippen molar-refractivity contribution in [3.63, 3.8) is 0 Å². The van der Waals surface area contributed by atoms with Gasteiger partial charge in [0.2, 0.25) is 6.29 Å². The molecule has 0 unspecified atom stereocenters. The smallest absolute Gasteiger partial charge is 0.419 e. The minimum atomic E-state index is -4.85. The normalized spacial score (nSPS) is 25.9. The van der Waals surface area contributed by atoms with Gasteiger partial charge in [0, 0.05) is 12.6 Å². The highest BCUT2D eigenvalue weighted by atomic mass is 19.4. The van der Waals surface area contributed by atoms with Crippen molar-refractivity contribution in [3.05, 3.63) is 53.6 Å². The lowest BCUT2D eigenvalue weighted by Gasteiger charge is -2.39. The Balaban J connectivity index is 1.96. The van der Waals surface area contributed by atoms with Crippen molar-refractivity contribution >= 4 is 5.91 Å². The number of nitrogens with one attached hydrogen (secondary N) is 1. The summed E-state index contributed by atoms with van der Waals surface area (Å²) in [5, 5.41) is 41.4. The summed E-state index contributed by atoms with van der Waals surface area (Å²) in [4.78, 5) is 11.8. The van der Waals surface area contributed by atoms with Gasteiger partial charge >= 0.3 is 6.18 Å². The zero-order valence-corrected chi connectivity index (χ0v) is 16.8. The average Bonchev–Trinajstić information content (AvgIpc) is 2.78. The lowest BCUT2D eigenvalue weighted by atomic mass is 9.98. The van der Waals surface area contributed by atoms with Gasteiger partial charge in [0.25, 0.3) is 5.91 Å². The quantitative estimate of drug-likeness (QED) is 0.452. The lowest BCUT2D eigenvalue weighted by molar-refractivity contribution is -0.278. The van der Waals surface area contributed by atoms with Crippen LogP contribution in [0.2, 0.25) is 0 Å². The first-order chi connectivity index (χ1) is 15.1. The van der Waals surface area contributed by atoms with Crippen LogP contribution in [0.15, 0.2) is 42.5 Å². The Labute approximate surface area is 180 Å². The van der Waals surface area contributed by atoms with Crippen molar-refractivity contribution in [1.82, 2.24) is 5.32 Å². The molecule has 11 heteroatoms. The van der Waals surface area contributed by atoms with Crippen LogP contribution in [-0.2, 0) is 10.9 Å². The minimum absolute atomic E-state index is 0.157. The Kier molecular flexibility index (Phi) is 7.06. The summed E-state index contributed by atoms with van der Waals surface area (Å²) in [6, 6.07) is 9.20. The number of carbonyl (C=O) groups is 1. The van der Waals surface area contributed by atoms with Crippen LogP contribution < -0.4 is 10.1 Å². The number of hydrogen-bond donors (Lipinski definition) is 5. The van der Waals surface area contributed by atoms with Gasteiger partial charge in [-0.2, -0.15) is 13.2 Å². The molecule has 0 saturated carbocycles. The summed E-state index contributed by atoms with van der Waals surface area (Å²) in [5.41, 5.74) is -0.405. The number of amides is 1. The summed E-state index contributed by atoms with van der Waals surface area (Å²) in [6.45, 7) is -0.752. The molecule has 1 aliphatic rings. The third kappa shape index (κ3) is 4.87. The molecule has 32 heavy (non-hydrogen) atoms. The fourth-order valence-electron chi connectivity index (χ4n) is 3.31. The maximum Gasteiger partial charge on any atom is 0.419 e. The SMILES string of the molecule is CNC(=O)c1cccc(-c2ccc(O[C@H]3O[C@H](CO)[C@@H](O)[C@@H](O)[C@H]3O)c(C(F)(F)F)c2)c1. The summed E-state index contributed by atoms with van der Waals surface area (Å²) < 4.78 is 51.6. The molecule has 0 aliphatic carbocycles. The van der Waals surface area contributed by atoms with Crippen LogP contribution >= 0.6 is 0 Å². The number of aliphatic hydroxyl groups is 4. The van der Waals surface area contributed by atoms with E-state index in [0.717, 1.165) is 12.1 Å².